The van der Waals surface area contributed by atoms with Crippen molar-refractivity contribution >= 4 is 10.0 Å². The Hall–Kier alpha value is -0.870. The Morgan fingerprint density at radius 3 is 2.47 bits per heavy atom. The molecule has 0 spiro atoms. The van der Waals surface area contributed by atoms with Crippen LogP contribution in [0.2, 0.25) is 0 Å². The summed E-state index contributed by atoms with van der Waals surface area (Å²) >= 11 is 0. The van der Waals surface area contributed by atoms with Crippen LogP contribution < -0.4 is 0 Å². The average molecular weight is 281 g/mol. The van der Waals surface area contributed by atoms with Gasteiger partial charge in [0.15, 0.2) is 0 Å². The van der Waals surface area contributed by atoms with Gasteiger partial charge in [0, 0.05) is 13.1 Å². The molecule has 0 aromatic heterocycles. The van der Waals surface area contributed by atoms with Crippen molar-refractivity contribution in [1.82, 2.24) is 4.31 Å². The van der Waals surface area contributed by atoms with E-state index >= 15 is 0 Å². The molecule has 0 amide bonds. The van der Waals surface area contributed by atoms with E-state index in [2.05, 4.69) is 6.92 Å². The molecular formula is C15H23NO2S. The topological polar surface area (TPSA) is 37.4 Å². The van der Waals surface area contributed by atoms with Gasteiger partial charge < -0.3 is 0 Å². The summed E-state index contributed by atoms with van der Waals surface area (Å²) in [6.45, 7) is 9.33. The van der Waals surface area contributed by atoms with Crippen molar-refractivity contribution in [2.24, 2.45) is 5.92 Å². The molecule has 1 aliphatic rings. The Morgan fingerprint density at radius 1 is 1.16 bits per heavy atom. The smallest absolute Gasteiger partial charge is 0.207 e. The van der Waals surface area contributed by atoms with Crippen LogP contribution in [-0.4, -0.2) is 25.8 Å². The summed E-state index contributed by atoms with van der Waals surface area (Å²) in [5.41, 5.74) is 3.10. The van der Waals surface area contributed by atoms with Crippen molar-refractivity contribution in [2.45, 2.75) is 45.4 Å². The highest BCUT2D eigenvalue weighted by Crippen LogP contribution is 2.27. The summed E-state index contributed by atoms with van der Waals surface area (Å²) in [6.07, 6.45) is 2.09. The van der Waals surface area contributed by atoms with Crippen molar-refractivity contribution in [3.63, 3.8) is 0 Å². The number of hydrogen-bond acceptors (Lipinski definition) is 2. The highest BCUT2D eigenvalue weighted by molar-refractivity contribution is 7.89. The van der Waals surface area contributed by atoms with E-state index in [1.807, 2.05) is 26.8 Å². The van der Waals surface area contributed by atoms with Crippen LogP contribution in [0.4, 0.5) is 0 Å². The van der Waals surface area contributed by atoms with Crippen LogP contribution in [0.15, 0.2) is 17.0 Å². The minimum atomic E-state index is -3.33. The Labute approximate surface area is 116 Å². The Morgan fingerprint density at radius 2 is 1.84 bits per heavy atom. The van der Waals surface area contributed by atoms with Crippen LogP contribution in [0.5, 0.6) is 0 Å². The molecule has 1 saturated heterocycles. The zero-order valence-corrected chi connectivity index (χ0v) is 13.0. The molecule has 19 heavy (non-hydrogen) atoms. The van der Waals surface area contributed by atoms with E-state index in [1.165, 1.54) is 0 Å². The largest absolute Gasteiger partial charge is 0.243 e. The number of rotatable bonds is 2. The van der Waals surface area contributed by atoms with Gasteiger partial charge in [-0.15, -0.1) is 0 Å². The van der Waals surface area contributed by atoms with Gasteiger partial charge in [-0.1, -0.05) is 13.0 Å². The SMILES string of the molecule is Cc1ccc(S(=O)(=O)N2CCC[C@@H](C)C2)c(C)c1C. The molecule has 3 nitrogen and oxygen atoms in total. The zero-order chi connectivity index (χ0) is 14.2. The highest BCUT2D eigenvalue weighted by Gasteiger charge is 2.30. The van der Waals surface area contributed by atoms with E-state index in [0.29, 0.717) is 23.9 Å². The molecule has 1 aliphatic heterocycles. The first-order valence-corrected chi connectivity index (χ1v) is 8.35. The van der Waals surface area contributed by atoms with E-state index in [0.717, 1.165) is 29.5 Å². The van der Waals surface area contributed by atoms with Crippen molar-refractivity contribution < 1.29 is 8.42 Å². The van der Waals surface area contributed by atoms with Crippen LogP contribution >= 0.6 is 0 Å². The molecule has 106 valence electrons. The third-order valence-corrected chi connectivity index (χ3v) is 6.26. The van der Waals surface area contributed by atoms with E-state index in [4.69, 9.17) is 0 Å². The minimum Gasteiger partial charge on any atom is -0.207 e. The molecule has 1 heterocycles. The van der Waals surface area contributed by atoms with Crippen LogP contribution in [0.1, 0.15) is 36.5 Å². The van der Waals surface area contributed by atoms with Gasteiger partial charge in [-0.2, -0.15) is 4.31 Å². The first-order valence-electron chi connectivity index (χ1n) is 6.91. The number of benzene rings is 1. The number of sulfonamides is 1. The molecule has 0 radical (unpaired) electrons. The van der Waals surface area contributed by atoms with Crippen molar-refractivity contribution in [1.29, 1.82) is 0 Å². The second-order valence-electron chi connectivity index (χ2n) is 5.74. The fourth-order valence-corrected chi connectivity index (χ4v) is 4.59. The lowest BCUT2D eigenvalue weighted by Gasteiger charge is -2.30. The normalized spacial score (nSPS) is 21.6. The van der Waals surface area contributed by atoms with Gasteiger partial charge in [-0.05, 0) is 62.3 Å². The minimum absolute atomic E-state index is 0.454. The van der Waals surface area contributed by atoms with Crippen LogP contribution in [-0.2, 0) is 10.0 Å². The molecular weight excluding hydrogens is 258 g/mol. The fourth-order valence-electron chi connectivity index (χ4n) is 2.71. The lowest BCUT2D eigenvalue weighted by molar-refractivity contribution is 0.281. The molecule has 1 atom stereocenters. The Balaban J connectivity index is 2.42. The molecule has 2 rings (SSSR count). The molecule has 0 unspecified atom stereocenters. The summed E-state index contributed by atoms with van der Waals surface area (Å²) in [6, 6.07) is 3.66. The maximum Gasteiger partial charge on any atom is 0.243 e. The van der Waals surface area contributed by atoms with Crippen LogP contribution in [0, 0.1) is 26.7 Å². The summed E-state index contributed by atoms with van der Waals surface area (Å²) in [5.74, 6) is 0.454. The van der Waals surface area contributed by atoms with Crippen molar-refractivity contribution in [3.05, 3.63) is 28.8 Å². The highest BCUT2D eigenvalue weighted by atomic mass is 32.2. The third kappa shape index (κ3) is 2.70. The van der Waals surface area contributed by atoms with Gasteiger partial charge in [-0.25, -0.2) is 8.42 Å². The molecule has 0 bridgehead atoms. The Kier molecular flexibility index (Phi) is 4.02. The molecule has 0 N–H and O–H groups in total. The van der Waals surface area contributed by atoms with Crippen LogP contribution in [0.25, 0.3) is 0 Å². The number of piperidine rings is 1. The summed E-state index contributed by atoms with van der Waals surface area (Å²) in [7, 11) is -3.33. The lowest BCUT2D eigenvalue weighted by Crippen LogP contribution is -2.39. The maximum absolute atomic E-state index is 12.7. The second kappa shape index (κ2) is 5.25. The third-order valence-electron chi connectivity index (χ3n) is 4.25. The monoisotopic (exact) mass is 281 g/mol. The molecule has 0 saturated carbocycles. The number of nitrogens with zero attached hydrogens (tertiary/aromatic N) is 1. The van der Waals surface area contributed by atoms with Gasteiger partial charge in [0.05, 0.1) is 4.90 Å². The molecule has 4 heteroatoms. The van der Waals surface area contributed by atoms with E-state index < -0.39 is 10.0 Å². The molecule has 0 aliphatic carbocycles. The number of hydrogen-bond donors (Lipinski definition) is 0. The Bertz CT molecular complexity index is 578. The molecule has 1 aromatic carbocycles. The lowest BCUT2D eigenvalue weighted by atomic mass is 10.0. The fraction of sp³-hybridized carbons (Fsp3) is 0.600. The summed E-state index contributed by atoms with van der Waals surface area (Å²) in [5, 5.41) is 0. The predicted molar refractivity (Wildman–Crippen MR) is 77.8 cm³/mol. The first-order chi connectivity index (χ1) is 8.84. The summed E-state index contributed by atoms with van der Waals surface area (Å²) in [4.78, 5) is 0.477. The molecule has 1 aromatic rings. The predicted octanol–water partition coefficient (Wildman–Crippen LogP) is 3.03. The average Bonchev–Trinajstić information content (AvgIpc) is 2.36. The van der Waals surface area contributed by atoms with Gasteiger partial charge in [0.25, 0.3) is 0 Å². The van der Waals surface area contributed by atoms with Gasteiger partial charge >= 0.3 is 0 Å². The van der Waals surface area contributed by atoms with Gasteiger partial charge in [0.2, 0.25) is 10.0 Å². The van der Waals surface area contributed by atoms with Gasteiger partial charge in [-0.3, -0.25) is 0 Å². The number of aryl methyl sites for hydroxylation is 1. The quantitative estimate of drug-likeness (QED) is 0.835. The van der Waals surface area contributed by atoms with E-state index in [-0.39, 0.29) is 0 Å². The molecule has 1 fully saturated rings. The van der Waals surface area contributed by atoms with Crippen molar-refractivity contribution in [3.8, 4) is 0 Å². The zero-order valence-electron chi connectivity index (χ0n) is 12.2. The van der Waals surface area contributed by atoms with E-state index in [9.17, 15) is 8.42 Å². The van der Waals surface area contributed by atoms with E-state index in [1.54, 1.807) is 10.4 Å². The summed E-state index contributed by atoms with van der Waals surface area (Å²) < 4.78 is 27.1. The van der Waals surface area contributed by atoms with Crippen molar-refractivity contribution in [2.75, 3.05) is 13.1 Å². The van der Waals surface area contributed by atoms with Crippen LogP contribution in [0.3, 0.4) is 0 Å². The second-order valence-corrected chi connectivity index (χ2v) is 7.65. The van der Waals surface area contributed by atoms with Gasteiger partial charge in [0.1, 0.15) is 0 Å². The maximum atomic E-state index is 12.7. The first kappa shape index (κ1) is 14.5. The standard InChI is InChI=1S/C15H23NO2S/c1-11-6-5-9-16(10-11)19(17,18)15-8-7-12(2)13(3)14(15)4/h7-8,11H,5-6,9-10H2,1-4H3/t11-/m1/s1.